The predicted octanol–water partition coefficient (Wildman–Crippen LogP) is 11.8. The van der Waals surface area contributed by atoms with Crippen molar-refractivity contribution in [1.29, 1.82) is 0 Å². The van der Waals surface area contributed by atoms with Gasteiger partial charge in [0.15, 0.2) is 17.5 Å². The van der Waals surface area contributed by atoms with Crippen LogP contribution in [0.5, 0.6) is 0 Å². The van der Waals surface area contributed by atoms with Crippen molar-refractivity contribution in [3.8, 4) is 78.9 Å². The lowest BCUT2D eigenvalue weighted by Crippen LogP contribution is -2.14. The molecule has 256 valence electrons. The van der Waals surface area contributed by atoms with Gasteiger partial charge >= 0.3 is 0 Å². The molecule has 0 amide bonds. The van der Waals surface area contributed by atoms with E-state index in [0.717, 1.165) is 50.4 Å². The van der Waals surface area contributed by atoms with Crippen LogP contribution in [-0.4, -0.2) is 24.3 Å². The zero-order valence-electron chi connectivity index (χ0n) is 30.0. The first kappa shape index (κ1) is 31.7. The molecular formula is C49H35N5. The van der Waals surface area contributed by atoms with Crippen LogP contribution in [0.1, 0.15) is 25.0 Å². The Balaban J connectivity index is 1.06. The van der Waals surface area contributed by atoms with Crippen molar-refractivity contribution in [3.05, 3.63) is 187 Å². The van der Waals surface area contributed by atoms with E-state index in [2.05, 4.69) is 134 Å². The molecule has 0 bridgehead atoms. The van der Waals surface area contributed by atoms with Crippen molar-refractivity contribution >= 4 is 5.65 Å². The maximum Gasteiger partial charge on any atom is 0.164 e. The summed E-state index contributed by atoms with van der Waals surface area (Å²) in [4.78, 5) is 20.0. The van der Waals surface area contributed by atoms with Gasteiger partial charge in [0, 0.05) is 39.4 Å². The highest BCUT2D eigenvalue weighted by molar-refractivity contribution is 5.96. The Morgan fingerprint density at radius 1 is 0.407 bits per heavy atom. The van der Waals surface area contributed by atoms with Gasteiger partial charge in [0.25, 0.3) is 0 Å². The molecule has 5 nitrogen and oxygen atoms in total. The number of rotatable bonds is 6. The van der Waals surface area contributed by atoms with E-state index < -0.39 is 0 Å². The first-order valence-corrected chi connectivity index (χ1v) is 18.3. The monoisotopic (exact) mass is 693 g/mol. The largest absolute Gasteiger partial charge is 0.299 e. The minimum atomic E-state index is -0.0910. The number of imidazole rings is 1. The van der Waals surface area contributed by atoms with E-state index in [1.807, 2.05) is 60.7 Å². The summed E-state index contributed by atoms with van der Waals surface area (Å²) in [5.74, 6) is 1.93. The summed E-state index contributed by atoms with van der Waals surface area (Å²) in [6.07, 6.45) is 2.13. The van der Waals surface area contributed by atoms with E-state index in [1.165, 1.54) is 27.8 Å². The average Bonchev–Trinajstić information content (AvgIpc) is 3.74. The molecule has 10 rings (SSSR count). The molecule has 54 heavy (non-hydrogen) atoms. The molecule has 9 aromatic rings. The van der Waals surface area contributed by atoms with Gasteiger partial charge in [-0.05, 0) is 51.6 Å². The summed E-state index contributed by atoms with van der Waals surface area (Å²) < 4.78 is 2.23. The Hall–Kier alpha value is -6.98. The van der Waals surface area contributed by atoms with Gasteiger partial charge in [-0.2, -0.15) is 0 Å². The van der Waals surface area contributed by atoms with Gasteiger partial charge in [-0.25, -0.2) is 19.9 Å². The fourth-order valence-electron chi connectivity index (χ4n) is 8.00. The van der Waals surface area contributed by atoms with Gasteiger partial charge < -0.3 is 0 Å². The number of benzene rings is 6. The van der Waals surface area contributed by atoms with Crippen molar-refractivity contribution < 1.29 is 0 Å². The molecule has 0 fully saturated rings. The van der Waals surface area contributed by atoms with Crippen LogP contribution < -0.4 is 0 Å². The average molecular weight is 694 g/mol. The molecule has 1 aliphatic carbocycles. The topological polar surface area (TPSA) is 56.0 Å². The molecule has 0 radical (unpaired) electrons. The number of pyridine rings is 1. The van der Waals surface area contributed by atoms with Crippen LogP contribution in [0.2, 0.25) is 0 Å². The minimum absolute atomic E-state index is 0.0910. The molecular weight excluding hydrogens is 659 g/mol. The number of aromatic nitrogens is 5. The smallest absolute Gasteiger partial charge is 0.164 e. The highest BCUT2D eigenvalue weighted by Gasteiger charge is 2.37. The maximum atomic E-state index is 5.24. The molecule has 0 atom stereocenters. The summed E-state index contributed by atoms with van der Waals surface area (Å²) >= 11 is 0. The van der Waals surface area contributed by atoms with Crippen molar-refractivity contribution in [2.24, 2.45) is 0 Å². The lowest BCUT2D eigenvalue weighted by molar-refractivity contribution is 0.660. The van der Waals surface area contributed by atoms with Gasteiger partial charge in [0.05, 0.1) is 11.4 Å². The molecule has 3 aromatic heterocycles. The van der Waals surface area contributed by atoms with Crippen molar-refractivity contribution in [3.63, 3.8) is 0 Å². The first-order valence-electron chi connectivity index (χ1n) is 18.3. The second kappa shape index (κ2) is 12.6. The minimum Gasteiger partial charge on any atom is -0.299 e. The van der Waals surface area contributed by atoms with E-state index in [4.69, 9.17) is 19.9 Å². The highest BCUT2D eigenvalue weighted by Crippen LogP contribution is 2.53. The molecule has 0 unspecified atom stereocenters. The molecule has 3 heterocycles. The lowest BCUT2D eigenvalue weighted by Gasteiger charge is -2.21. The van der Waals surface area contributed by atoms with E-state index in [1.54, 1.807) is 0 Å². The summed E-state index contributed by atoms with van der Waals surface area (Å²) in [5.41, 5.74) is 15.5. The summed E-state index contributed by atoms with van der Waals surface area (Å²) in [7, 11) is 0. The molecule has 0 spiro atoms. The summed E-state index contributed by atoms with van der Waals surface area (Å²) in [6, 6.07) is 59.2. The molecule has 5 heteroatoms. The van der Waals surface area contributed by atoms with Crippen molar-refractivity contribution in [2.45, 2.75) is 19.3 Å². The third-order valence-corrected chi connectivity index (χ3v) is 10.7. The van der Waals surface area contributed by atoms with Gasteiger partial charge in [0.1, 0.15) is 5.65 Å². The second-order valence-electron chi connectivity index (χ2n) is 14.3. The summed E-state index contributed by atoms with van der Waals surface area (Å²) in [6.45, 7) is 4.66. The van der Waals surface area contributed by atoms with Crippen LogP contribution in [0.25, 0.3) is 84.6 Å². The number of hydrogen-bond acceptors (Lipinski definition) is 4. The van der Waals surface area contributed by atoms with Gasteiger partial charge in [-0.1, -0.05) is 166 Å². The Bertz CT molecular complexity index is 2780. The normalized spacial score (nSPS) is 12.8. The molecule has 0 N–H and O–H groups in total. The third kappa shape index (κ3) is 5.24. The zero-order valence-corrected chi connectivity index (χ0v) is 30.0. The van der Waals surface area contributed by atoms with Gasteiger partial charge in [-0.3, -0.25) is 4.40 Å². The van der Waals surface area contributed by atoms with Crippen LogP contribution >= 0.6 is 0 Å². The fraction of sp³-hybridized carbons (Fsp3) is 0.0612. The Morgan fingerprint density at radius 3 is 1.67 bits per heavy atom. The van der Waals surface area contributed by atoms with Gasteiger partial charge in [0.2, 0.25) is 0 Å². The molecule has 0 saturated carbocycles. The lowest BCUT2D eigenvalue weighted by atomic mass is 9.82. The standard InChI is InChI=1S/C49H35N5/c1-49(2)40-23-10-9-21-38(40)43-39(22-14-24-41(43)49)45-44(50-42-25-11-12-30-54(42)45)33-28-26-32(27-29-33)36-19-13-20-37(31-36)48-52-46(34-15-5-3-6-16-34)51-47(53-48)35-17-7-4-8-18-35/h3-31H,1-2H3. The van der Waals surface area contributed by atoms with E-state index in [0.29, 0.717) is 17.5 Å². The van der Waals surface area contributed by atoms with E-state index in [9.17, 15) is 0 Å². The molecule has 6 aromatic carbocycles. The van der Waals surface area contributed by atoms with Crippen LogP contribution in [0, 0.1) is 0 Å². The van der Waals surface area contributed by atoms with Crippen LogP contribution in [0.15, 0.2) is 176 Å². The maximum absolute atomic E-state index is 5.24. The van der Waals surface area contributed by atoms with E-state index >= 15 is 0 Å². The first-order chi connectivity index (χ1) is 26.5. The fourth-order valence-corrected chi connectivity index (χ4v) is 8.00. The van der Waals surface area contributed by atoms with Crippen molar-refractivity contribution in [1.82, 2.24) is 24.3 Å². The van der Waals surface area contributed by atoms with Crippen LogP contribution in [-0.2, 0) is 5.41 Å². The Morgan fingerprint density at radius 2 is 0.944 bits per heavy atom. The second-order valence-corrected chi connectivity index (χ2v) is 14.3. The van der Waals surface area contributed by atoms with Crippen molar-refractivity contribution in [2.75, 3.05) is 0 Å². The van der Waals surface area contributed by atoms with Crippen LogP contribution in [0.4, 0.5) is 0 Å². The van der Waals surface area contributed by atoms with Crippen LogP contribution in [0.3, 0.4) is 0 Å². The third-order valence-electron chi connectivity index (χ3n) is 10.7. The zero-order chi connectivity index (χ0) is 36.2. The quantitative estimate of drug-likeness (QED) is 0.174. The number of hydrogen-bond donors (Lipinski definition) is 0. The SMILES string of the molecule is CC1(C)c2ccccc2-c2c(-c3c(-c4ccc(-c5cccc(-c6nc(-c7ccccc7)nc(-c7ccccc7)n6)c5)cc4)nc4ccccn34)cccc21. The molecule has 0 aliphatic heterocycles. The Kier molecular flexibility index (Phi) is 7.41. The number of fused-ring (bicyclic) bond motifs is 4. The summed E-state index contributed by atoms with van der Waals surface area (Å²) in [5, 5.41) is 0. The van der Waals surface area contributed by atoms with Gasteiger partial charge in [-0.15, -0.1) is 0 Å². The Labute approximate surface area is 314 Å². The predicted molar refractivity (Wildman–Crippen MR) is 219 cm³/mol. The van der Waals surface area contributed by atoms with E-state index in [-0.39, 0.29) is 5.41 Å². The number of nitrogens with zero attached hydrogens (tertiary/aromatic N) is 5. The molecule has 1 aliphatic rings. The molecule has 0 saturated heterocycles. The highest BCUT2D eigenvalue weighted by atomic mass is 15.0.